The molecule has 1 rings (SSSR count). The van der Waals surface area contributed by atoms with Gasteiger partial charge in [0.05, 0.1) is 0 Å². The van der Waals surface area contributed by atoms with E-state index in [1.54, 1.807) is 0 Å². The van der Waals surface area contributed by atoms with Gasteiger partial charge >= 0.3 is 11.7 Å². The molecule has 17 heavy (non-hydrogen) atoms. The van der Waals surface area contributed by atoms with E-state index in [0.717, 1.165) is 17.1 Å². The van der Waals surface area contributed by atoms with Crippen LogP contribution < -0.4 is 11.2 Å². The molecule has 0 spiro atoms. The highest BCUT2D eigenvalue weighted by atomic mass is 16.4. The van der Waals surface area contributed by atoms with Crippen LogP contribution in [0.15, 0.2) is 34.0 Å². The van der Waals surface area contributed by atoms with E-state index in [2.05, 4.69) is 0 Å². The maximum atomic E-state index is 11.8. The lowest BCUT2D eigenvalue weighted by molar-refractivity contribution is -0.131. The second-order valence-corrected chi connectivity index (χ2v) is 3.48. The van der Waals surface area contributed by atoms with Crippen molar-refractivity contribution in [2.75, 3.05) is 0 Å². The minimum absolute atomic E-state index is 0.0332. The molecular formula is C11H14N2O4. The molecule has 0 fully saturated rings. The van der Waals surface area contributed by atoms with Crippen LogP contribution in [0.5, 0.6) is 0 Å². The Bertz CT molecular complexity index is 539. The summed E-state index contributed by atoms with van der Waals surface area (Å²) in [6.07, 6.45) is 4.40. The van der Waals surface area contributed by atoms with E-state index in [4.69, 9.17) is 5.11 Å². The summed E-state index contributed by atoms with van der Waals surface area (Å²) in [6, 6.07) is 1.30. The van der Waals surface area contributed by atoms with Gasteiger partial charge in [0, 0.05) is 31.4 Å². The lowest BCUT2D eigenvalue weighted by Gasteiger charge is -2.06. The minimum atomic E-state index is -1.11. The average molecular weight is 238 g/mol. The van der Waals surface area contributed by atoms with Crippen molar-refractivity contribution in [2.45, 2.75) is 26.4 Å². The molecule has 6 nitrogen and oxygen atoms in total. The molecule has 0 aliphatic rings. The molecule has 0 radical (unpaired) electrons. The first-order valence-electron chi connectivity index (χ1n) is 5.26. The summed E-state index contributed by atoms with van der Waals surface area (Å²) in [5, 5.41) is 8.41. The van der Waals surface area contributed by atoms with Gasteiger partial charge in [-0.05, 0) is 6.42 Å². The van der Waals surface area contributed by atoms with Crippen LogP contribution in [0.1, 0.15) is 13.3 Å². The summed E-state index contributed by atoms with van der Waals surface area (Å²) in [4.78, 5) is 33.5. The molecule has 0 saturated carbocycles. The molecule has 0 unspecified atom stereocenters. The largest absolute Gasteiger partial charge is 0.478 e. The quantitative estimate of drug-likeness (QED) is 0.735. The normalized spacial score (nSPS) is 10.9. The Morgan fingerprint density at radius 3 is 2.76 bits per heavy atom. The van der Waals surface area contributed by atoms with E-state index >= 15 is 0 Å². The van der Waals surface area contributed by atoms with E-state index in [0.29, 0.717) is 6.54 Å². The maximum absolute atomic E-state index is 11.8. The molecule has 92 valence electrons. The molecular weight excluding hydrogens is 224 g/mol. The Labute approximate surface area is 97.4 Å². The molecule has 1 heterocycles. The third kappa shape index (κ3) is 3.44. The van der Waals surface area contributed by atoms with Crippen LogP contribution in [-0.4, -0.2) is 20.2 Å². The van der Waals surface area contributed by atoms with Crippen molar-refractivity contribution < 1.29 is 9.90 Å². The maximum Gasteiger partial charge on any atom is 0.331 e. The molecule has 0 atom stereocenters. The highest BCUT2D eigenvalue weighted by Crippen LogP contribution is 1.85. The van der Waals surface area contributed by atoms with Gasteiger partial charge in [-0.2, -0.15) is 0 Å². The summed E-state index contributed by atoms with van der Waals surface area (Å²) in [7, 11) is 0. The molecule has 1 aromatic rings. The SMILES string of the molecule is CCCn1ccc(=O)n(C/C=C/C(=O)O)c1=O. The fraction of sp³-hybridized carbons (Fsp3) is 0.364. The zero-order valence-electron chi connectivity index (χ0n) is 9.50. The molecule has 0 aliphatic heterocycles. The molecule has 6 heteroatoms. The van der Waals surface area contributed by atoms with Crippen molar-refractivity contribution in [3.8, 4) is 0 Å². The van der Waals surface area contributed by atoms with Gasteiger partial charge < -0.3 is 9.67 Å². The van der Waals surface area contributed by atoms with Gasteiger partial charge in [0.2, 0.25) is 0 Å². The Balaban J connectivity index is 3.06. The number of carbonyl (C=O) groups is 1. The van der Waals surface area contributed by atoms with E-state index < -0.39 is 17.2 Å². The predicted octanol–water partition coefficient (Wildman–Crippen LogP) is 0.0608. The number of rotatable bonds is 5. The van der Waals surface area contributed by atoms with Crippen molar-refractivity contribution in [2.24, 2.45) is 0 Å². The summed E-state index contributed by atoms with van der Waals surface area (Å²) < 4.78 is 2.42. The molecule has 0 aromatic carbocycles. The van der Waals surface area contributed by atoms with Crippen LogP contribution >= 0.6 is 0 Å². The van der Waals surface area contributed by atoms with Crippen LogP contribution in [0.3, 0.4) is 0 Å². The summed E-state index contributed by atoms with van der Waals surface area (Å²) >= 11 is 0. The second kappa shape index (κ2) is 5.83. The smallest absolute Gasteiger partial charge is 0.331 e. The van der Waals surface area contributed by atoms with E-state index in [9.17, 15) is 14.4 Å². The lowest BCUT2D eigenvalue weighted by Crippen LogP contribution is -2.38. The van der Waals surface area contributed by atoms with Crippen molar-refractivity contribution in [3.05, 3.63) is 45.3 Å². The number of allylic oxidation sites excluding steroid dienone is 1. The Morgan fingerprint density at radius 2 is 2.18 bits per heavy atom. The van der Waals surface area contributed by atoms with Crippen LogP contribution in [0.2, 0.25) is 0 Å². The highest BCUT2D eigenvalue weighted by molar-refractivity contribution is 5.79. The summed E-state index contributed by atoms with van der Waals surface area (Å²) in [5.41, 5.74) is -0.855. The first-order valence-corrected chi connectivity index (χ1v) is 5.26. The molecule has 1 aromatic heterocycles. The molecule has 0 aliphatic carbocycles. The molecule has 1 N–H and O–H groups in total. The molecule has 0 amide bonds. The number of aromatic nitrogens is 2. The van der Waals surface area contributed by atoms with Crippen molar-refractivity contribution in [3.63, 3.8) is 0 Å². The van der Waals surface area contributed by atoms with Crippen LogP contribution in [0.25, 0.3) is 0 Å². The number of hydrogen-bond acceptors (Lipinski definition) is 3. The zero-order chi connectivity index (χ0) is 12.8. The first kappa shape index (κ1) is 13.0. The van der Waals surface area contributed by atoms with Gasteiger partial charge in [-0.15, -0.1) is 0 Å². The molecule has 0 bridgehead atoms. The number of carboxylic acids is 1. The zero-order valence-corrected chi connectivity index (χ0v) is 9.50. The number of aliphatic carboxylic acids is 1. The number of hydrogen-bond donors (Lipinski definition) is 1. The molecule has 0 saturated heterocycles. The standard InChI is InChI=1S/C11H14N2O4/c1-2-6-12-8-5-9(14)13(11(12)17)7-3-4-10(15)16/h3-5,8H,2,6-7H2,1H3,(H,15,16)/b4-3+. The predicted molar refractivity (Wildman–Crippen MR) is 62.0 cm³/mol. The second-order valence-electron chi connectivity index (χ2n) is 3.48. The lowest BCUT2D eigenvalue weighted by atomic mass is 10.4. The van der Waals surface area contributed by atoms with Gasteiger partial charge in [-0.3, -0.25) is 9.36 Å². The average Bonchev–Trinajstić information content (AvgIpc) is 2.27. The van der Waals surface area contributed by atoms with Crippen LogP contribution in [0, 0.1) is 0 Å². The van der Waals surface area contributed by atoms with Crippen molar-refractivity contribution in [1.82, 2.24) is 9.13 Å². The number of aryl methyl sites for hydroxylation is 1. The van der Waals surface area contributed by atoms with Gasteiger partial charge in [-0.1, -0.05) is 13.0 Å². The highest BCUT2D eigenvalue weighted by Gasteiger charge is 2.02. The number of carboxylic acid groups (broad SMARTS) is 1. The van der Waals surface area contributed by atoms with E-state index in [1.807, 2.05) is 6.92 Å². The summed E-state index contributed by atoms with van der Waals surface area (Å²) in [6.45, 7) is 2.42. The first-order chi connectivity index (χ1) is 8.06. The Hall–Kier alpha value is -2.11. The third-order valence-corrected chi connectivity index (χ3v) is 2.15. The fourth-order valence-electron chi connectivity index (χ4n) is 1.39. The van der Waals surface area contributed by atoms with Crippen molar-refractivity contribution in [1.29, 1.82) is 0 Å². The van der Waals surface area contributed by atoms with Crippen molar-refractivity contribution >= 4 is 5.97 Å². The summed E-state index contributed by atoms with van der Waals surface area (Å²) in [5.74, 6) is -1.11. The van der Waals surface area contributed by atoms with Crippen LogP contribution in [-0.2, 0) is 17.9 Å². The van der Waals surface area contributed by atoms with E-state index in [-0.39, 0.29) is 6.54 Å². The minimum Gasteiger partial charge on any atom is -0.478 e. The third-order valence-electron chi connectivity index (χ3n) is 2.15. The van der Waals surface area contributed by atoms with Crippen LogP contribution in [0.4, 0.5) is 0 Å². The van der Waals surface area contributed by atoms with Gasteiger partial charge in [0.1, 0.15) is 0 Å². The van der Waals surface area contributed by atoms with Gasteiger partial charge in [0.15, 0.2) is 0 Å². The fourth-order valence-corrected chi connectivity index (χ4v) is 1.39. The Morgan fingerprint density at radius 1 is 1.47 bits per heavy atom. The monoisotopic (exact) mass is 238 g/mol. The van der Waals surface area contributed by atoms with Gasteiger partial charge in [-0.25, -0.2) is 9.59 Å². The number of nitrogens with zero attached hydrogens (tertiary/aromatic N) is 2. The Kier molecular flexibility index (Phi) is 4.45. The van der Waals surface area contributed by atoms with Gasteiger partial charge in [0.25, 0.3) is 5.56 Å². The van der Waals surface area contributed by atoms with E-state index in [1.165, 1.54) is 22.9 Å². The topological polar surface area (TPSA) is 81.3 Å².